The van der Waals surface area contributed by atoms with Gasteiger partial charge in [0.1, 0.15) is 11.6 Å². The maximum atomic E-state index is 14.0. The van der Waals surface area contributed by atoms with Crippen molar-refractivity contribution in [2.75, 3.05) is 31.5 Å². The molecule has 0 spiro atoms. The number of nitrogens with zero attached hydrogens (tertiary/aromatic N) is 7. The van der Waals surface area contributed by atoms with Crippen molar-refractivity contribution < 1.29 is 37.1 Å². The number of anilines is 1. The summed E-state index contributed by atoms with van der Waals surface area (Å²) in [6.45, 7) is 7.66. The van der Waals surface area contributed by atoms with Crippen molar-refractivity contribution in [2.45, 2.75) is 52.1 Å². The number of alkyl carbamates (subject to hydrolysis) is 1. The number of piperazine rings is 1. The summed E-state index contributed by atoms with van der Waals surface area (Å²) in [6, 6.07) is 6.84. The highest BCUT2D eigenvalue weighted by atomic mass is 35.5. The lowest BCUT2D eigenvalue weighted by atomic mass is 10.1. The highest BCUT2D eigenvalue weighted by Gasteiger charge is 2.39. The zero-order chi connectivity index (χ0) is 38.0. The van der Waals surface area contributed by atoms with E-state index in [2.05, 4.69) is 25.7 Å². The number of hydrogen-bond donors (Lipinski definition) is 2. The van der Waals surface area contributed by atoms with Crippen molar-refractivity contribution in [3.8, 4) is 11.3 Å². The Bertz CT molecular complexity index is 1970. The van der Waals surface area contributed by atoms with Gasteiger partial charge in [0.05, 0.1) is 34.6 Å². The van der Waals surface area contributed by atoms with Gasteiger partial charge in [0.15, 0.2) is 11.5 Å². The third-order valence-electron chi connectivity index (χ3n) is 8.00. The van der Waals surface area contributed by atoms with E-state index in [0.29, 0.717) is 5.56 Å². The van der Waals surface area contributed by atoms with Crippen LogP contribution in [0.3, 0.4) is 0 Å². The Hall–Kier alpha value is -5.45. The number of nitrogens with one attached hydrogen (secondary N) is 2. The standard InChI is InChI=1S/C34H37ClF3N9O5/c1-20(41-32(51)52-33(2,3)4)30(49)45-11-13-46(14-12-45)31(50)23-9-8-22(15-25(23)35)42-29(48)28-40-17-26(44(28)5)24-19-47(43-27(24)34(36,37)38)18-21-7-6-10-39-16-21/h6-10,15-17,19-20H,11-14,18H2,1-5H3,(H,41,51)(H,42,48)/t20-/m0/s1. The molecule has 0 radical (unpaired) electrons. The van der Waals surface area contributed by atoms with Crippen LogP contribution in [0.15, 0.2) is 55.1 Å². The van der Waals surface area contributed by atoms with Crippen molar-refractivity contribution >= 4 is 41.1 Å². The van der Waals surface area contributed by atoms with Crippen LogP contribution in [0.1, 0.15) is 59.9 Å². The number of amides is 4. The number of carbonyl (C=O) groups excluding carboxylic acids is 4. The Balaban J connectivity index is 1.21. The molecule has 1 atom stereocenters. The van der Waals surface area contributed by atoms with Crippen molar-refractivity contribution in [2.24, 2.45) is 7.05 Å². The van der Waals surface area contributed by atoms with Crippen LogP contribution in [0, 0.1) is 0 Å². The van der Waals surface area contributed by atoms with Gasteiger partial charge in [-0.15, -0.1) is 0 Å². The molecule has 1 aromatic carbocycles. The van der Waals surface area contributed by atoms with Crippen LogP contribution < -0.4 is 10.6 Å². The molecule has 52 heavy (non-hydrogen) atoms. The van der Waals surface area contributed by atoms with Gasteiger partial charge in [-0.05, 0) is 57.5 Å². The minimum absolute atomic E-state index is 0.0180. The van der Waals surface area contributed by atoms with Crippen LogP contribution in [0.4, 0.5) is 23.7 Å². The van der Waals surface area contributed by atoms with Crippen LogP contribution in [0.5, 0.6) is 0 Å². The van der Waals surface area contributed by atoms with Gasteiger partial charge in [-0.25, -0.2) is 9.78 Å². The number of alkyl halides is 3. The van der Waals surface area contributed by atoms with E-state index in [1.165, 1.54) is 42.2 Å². The summed E-state index contributed by atoms with van der Waals surface area (Å²) in [5, 5.41) is 8.96. The number of halogens is 4. The van der Waals surface area contributed by atoms with Gasteiger partial charge in [-0.2, -0.15) is 18.3 Å². The van der Waals surface area contributed by atoms with E-state index in [0.717, 1.165) is 10.9 Å². The lowest BCUT2D eigenvalue weighted by Gasteiger charge is -2.36. The number of benzene rings is 1. The molecule has 276 valence electrons. The summed E-state index contributed by atoms with van der Waals surface area (Å²) in [5.74, 6) is -1.60. The molecule has 1 fully saturated rings. The molecule has 0 aliphatic carbocycles. The second-order valence-electron chi connectivity index (χ2n) is 13.1. The predicted octanol–water partition coefficient (Wildman–Crippen LogP) is 4.85. The summed E-state index contributed by atoms with van der Waals surface area (Å²) >= 11 is 6.47. The van der Waals surface area contributed by atoms with Crippen molar-refractivity contribution in [1.82, 2.24) is 39.4 Å². The van der Waals surface area contributed by atoms with Gasteiger partial charge >= 0.3 is 12.3 Å². The van der Waals surface area contributed by atoms with Crippen LogP contribution >= 0.6 is 11.6 Å². The molecule has 18 heteroatoms. The predicted molar refractivity (Wildman–Crippen MR) is 183 cm³/mol. The second kappa shape index (κ2) is 15.0. The number of imidazole rings is 1. The molecular weight excluding hydrogens is 707 g/mol. The molecule has 4 amide bonds. The average Bonchev–Trinajstić information content (AvgIpc) is 3.67. The molecule has 1 saturated heterocycles. The fourth-order valence-corrected chi connectivity index (χ4v) is 5.78. The van der Waals surface area contributed by atoms with Gasteiger partial charge in [-0.1, -0.05) is 17.7 Å². The molecule has 1 aliphatic heterocycles. The molecule has 0 unspecified atom stereocenters. The van der Waals surface area contributed by atoms with Crippen molar-refractivity contribution in [1.29, 1.82) is 0 Å². The van der Waals surface area contributed by atoms with Gasteiger partial charge in [0, 0.05) is 57.5 Å². The molecule has 0 bridgehead atoms. The number of ether oxygens (including phenoxy) is 1. The van der Waals surface area contributed by atoms with E-state index in [1.807, 2.05) is 0 Å². The zero-order valence-electron chi connectivity index (χ0n) is 29.0. The monoisotopic (exact) mass is 743 g/mol. The van der Waals surface area contributed by atoms with Crippen molar-refractivity contribution in [3.05, 3.63) is 82.8 Å². The van der Waals surface area contributed by atoms with Gasteiger partial charge < -0.3 is 29.7 Å². The number of carbonyl (C=O) groups is 4. The fraction of sp³-hybridized carbons (Fsp3) is 0.382. The summed E-state index contributed by atoms with van der Waals surface area (Å²) in [6.07, 6.45) is 0.000952. The van der Waals surface area contributed by atoms with Crippen LogP contribution in [-0.4, -0.2) is 95.8 Å². The number of hydrogen-bond acceptors (Lipinski definition) is 8. The highest BCUT2D eigenvalue weighted by molar-refractivity contribution is 6.34. The Morgan fingerprint density at radius 3 is 2.33 bits per heavy atom. The maximum Gasteiger partial charge on any atom is 0.435 e. The molecule has 5 rings (SSSR count). The molecule has 14 nitrogen and oxygen atoms in total. The van der Waals surface area contributed by atoms with Gasteiger partial charge in [-0.3, -0.25) is 24.0 Å². The summed E-state index contributed by atoms with van der Waals surface area (Å²) in [5.41, 5.74) is -1.04. The van der Waals surface area contributed by atoms with E-state index >= 15 is 0 Å². The number of aromatic nitrogens is 5. The Morgan fingerprint density at radius 2 is 1.71 bits per heavy atom. The maximum absolute atomic E-state index is 14.0. The molecule has 1 aliphatic rings. The fourth-order valence-electron chi connectivity index (χ4n) is 5.52. The highest BCUT2D eigenvalue weighted by Crippen LogP contribution is 2.36. The van der Waals surface area contributed by atoms with Gasteiger partial charge in [0.25, 0.3) is 11.8 Å². The van der Waals surface area contributed by atoms with Crippen LogP contribution in [0.2, 0.25) is 5.02 Å². The minimum Gasteiger partial charge on any atom is -0.444 e. The summed E-state index contributed by atoms with van der Waals surface area (Å²) in [7, 11) is 1.41. The first-order chi connectivity index (χ1) is 24.4. The second-order valence-corrected chi connectivity index (χ2v) is 13.5. The smallest absolute Gasteiger partial charge is 0.435 e. The normalized spacial score (nSPS) is 14.2. The van der Waals surface area contributed by atoms with Gasteiger partial charge in [0.2, 0.25) is 5.91 Å². The number of pyridine rings is 1. The summed E-state index contributed by atoms with van der Waals surface area (Å²) in [4.78, 5) is 62.6. The van der Waals surface area contributed by atoms with E-state index in [1.54, 1.807) is 55.8 Å². The van der Waals surface area contributed by atoms with E-state index < -0.39 is 35.5 Å². The lowest BCUT2D eigenvalue weighted by Crippen LogP contribution is -2.55. The third kappa shape index (κ3) is 8.88. The largest absolute Gasteiger partial charge is 0.444 e. The molecule has 4 aromatic rings. The number of rotatable bonds is 8. The average molecular weight is 744 g/mol. The van der Waals surface area contributed by atoms with E-state index in [4.69, 9.17) is 16.3 Å². The molecule has 0 saturated carbocycles. The first-order valence-corrected chi connectivity index (χ1v) is 16.5. The Morgan fingerprint density at radius 1 is 1.02 bits per heavy atom. The Kier molecular flexibility index (Phi) is 10.9. The summed E-state index contributed by atoms with van der Waals surface area (Å²) < 4.78 is 49.6. The van der Waals surface area contributed by atoms with Crippen molar-refractivity contribution in [3.63, 3.8) is 0 Å². The molecule has 3 aromatic heterocycles. The first-order valence-electron chi connectivity index (χ1n) is 16.2. The lowest BCUT2D eigenvalue weighted by molar-refractivity contribution is -0.141. The quantitative estimate of drug-likeness (QED) is 0.260. The van der Waals surface area contributed by atoms with Crippen LogP contribution in [-0.2, 0) is 29.3 Å². The molecule has 4 heterocycles. The Labute approximate surface area is 301 Å². The third-order valence-corrected chi connectivity index (χ3v) is 8.32. The molecule has 2 N–H and O–H groups in total. The molecular formula is C34H37ClF3N9O5. The first kappa shape index (κ1) is 37.8. The van der Waals surface area contributed by atoms with Crippen LogP contribution in [0.25, 0.3) is 11.3 Å². The SMILES string of the molecule is C[C@H](NC(=O)OC(C)(C)C)C(=O)N1CCN(C(=O)c2ccc(NC(=O)c3ncc(-c4cn(Cc5cccnc5)nc4C(F)(F)F)n3C)cc2Cl)CC1. The van der Waals surface area contributed by atoms with E-state index in [9.17, 15) is 32.3 Å². The minimum atomic E-state index is -4.78. The topological polar surface area (TPSA) is 157 Å². The zero-order valence-corrected chi connectivity index (χ0v) is 29.7. The van der Waals surface area contributed by atoms with E-state index in [-0.39, 0.29) is 77.9 Å².